The summed E-state index contributed by atoms with van der Waals surface area (Å²) in [5, 5.41) is 0. The lowest BCUT2D eigenvalue weighted by atomic mass is 9.98. The molecule has 16 heavy (non-hydrogen) atoms. The zero-order valence-corrected chi connectivity index (χ0v) is 10.7. The van der Waals surface area contributed by atoms with Crippen LogP contribution in [0.4, 0.5) is 0 Å². The van der Waals surface area contributed by atoms with Crippen LogP contribution in [0.1, 0.15) is 18.4 Å². The lowest BCUT2D eigenvalue weighted by Gasteiger charge is -2.25. The van der Waals surface area contributed by atoms with Crippen molar-refractivity contribution in [3.63, 3.8) is 0 Å². The molecule has 1 atom stereocenters. The molecule has 86 valence electrons. The lowest BCUT2D eigenvalue weighted by molar-refractivity contribution is 0.440. The van der Waals surface area contributed by atoms with E-state index < -0.39 is 0 Å². The van der Waals surface area contributed by atoms with Gasteiger partial charge in [-0.2, -0.15) is 0 Å². The summed E-state index contributed by atoms with van der Waals surface area (Å²) in [5.41, 5.74) is 1.41. The second-order valence-electron chi connectivity index (χ2n) is 4.12. The van der Waals surface area contributed by atoms with Crippen LogP contribution in [0.3, 0.4) is 0 Å². The van der Waals surface area contributed by atoms with Crippen LogP contribution in [0.15, 0.2) is 34.2 Å². The highest BCUT2D eigenvalue weighted by atomic mass is 32.2. The van der Waals surface area contributed by atoms with Crippen molar-refractivity contribution in [1.29, 1.82) is 0 Å². The molecule has 0 amide bonds. The monoisotopic (exact) mass is 234 g/mol. The summed E-state index contributed by atoms with van der Waals surface area (Å²) in [4.78, 5) is 7.89. The van der Waals surface area contributed by atoms with Crippen molar-refractivity contribution in [3.8, 4) is 0 Å². The highest BCUT2D eigenvalue weighted by molar-refractivity contribution is 7.99. The molecule has 0 fully saturated rings. The van der Waals surface area contributed by atoms with E-state index in [1.807, 2.05) is 18.1 Å². The van der Waals surface area contributed by atoms with Crippen molar-refractivity contribution >= 4 is 18.1 Å². The van der Waals surface area contributed by atoms with Gasteiger partial charge >= 0.3 is 0 Å². The molecule has 0 saturated carbocycles. The number of thioether (sulfide) groups is 1. The van der Waals surface area contributed by atoms with Crippen LogP contribution in [-0.4, -0.2) is 37.1 Å². The third-order valence-corrected chi connectivity index (χ3v) is 3.67. The van der Waals surface area contributed by atoms with Crippen molar-refractivity contribution in [2.24, 2.45) is 4.99 Å². The molecule has 0 saturated heterocycles. The van der Waals surface area contributed by atoms with E-state index in [-0.39, 0.29) is 0 Å². The summed E-state index contributed by atoms with van der Waals surface area (Å²) < 4.78 is 0. The number of aliphatic imine (C=N–C) groups is 1. The number of hydrogen-bond donors (Lipinski definition) is 0. The van der Waals surface area contributed by atoms with Gasteiger partial charge in [0.25, 0.3) is 0 Å². The summed E-state index contributed by atoms with van der Waals surface area (Å²) in [6.45, 7) is 4.18. The molecule has 1 aliphatic heterocycles. The van der Waals surface area contributed by atoms with E-state index in [0.29, 0.717) is 5.92 Å². The number of likely N-dealkylation sites (N-methyl/N-ethyl adjacent to an activating group) is 1. The first-order valence-corrected chi connectivity index (χ1v) is 6.71. The largest absolute Gasteiger partial charge is 0.365 e. The standard InChI is InChI=1S/C13H18N2S/c1-3-16-13-6-4-11(5-7-13)12-8-14-10-15(2)9-12/h4-7,10,12H,3,8-9H2,1-2H3. The van der Waals surface area contributed by atoms with E-state index in [9.17, 15) is 0 Å². The SMILES string of the molecule is CCSc1ccc(C2CN=CN(C)C2)cc1. The maximum absolute atomic E-state index is 4.37. The maximum Gasteiger partial charge on any atom is 0.0847 e. The Bertz CT molecular complexity index is 359. The molecule has 2 rings (SSSR count). The fraction of sp³-hybridized carbons (Fsp3) is 0.462. The van der Waals surface area contributed by atoms with Gasteiger partial charge in [0.1, 0.15) is 0 Å². The fourth-order valence-electron chi connectivity index (χ4n) is 1.98. The summed E-state index contributed by atoms with van der Waals surface area (Å²) in [6.07, 6.45) is 1.93. The third-order valence-electron chi connectivity index (χ3n) is 2.78. The van der Waals surface area contributed by atoms with E-state index in [0.717, 1.165) is 18.8 Å². The number of benzene rings is 1. The second kappa shape index (κ2) is 5.39. The molecule has 0 N–H and O–H groups in total. The van der Waals surface area contributed by atoms with Crippen molar-refractivity contribution in [3.05, 3.63) is 29.8 Å². The molecule has 0 aromatic heterocycles. The first kappa shape index (κ1) is 11.5. The molecule has 1 aromatic carbocycles. The minimum absolute atomic E-state index is 0.552. The Morgan fingerprint density at radius 1 is 1.38 bits per heavy atom. The zero-order chi connectivity index (χ0) is 11.4. The molecule has 1 unspecified atom stereocenters. The molecule has 3 heteroatoms. The van der Waals surface area contributed by atoms with Crippen molar-refractivity contribution in [1.82, 2.24) is 4.90 Å². The topological polar surface area (TPSA) is 15.6 Å². The number of hydrogen-bond acceptors (Lipinski definition) is 3. The van der Waals surface area contributed by atoms with Crippen molar-refractivity contribution < 1.29 is 0 Å². The normalized spacial score (nSPS) is 20.1. The Labute approximate surface area is 102 Å². The minimum atomic E-state index is 0.552. The van der Waals surface area contributed by atoms with Crippen molar-refractivity contribution in [2.75, 3.05) is 25.9 Å². The van der Waals surface area contributed by atoms with Crippen LogP contribution in [0.25, 0.3) is 0 Å². The van der Waals surface area contributed by atoms with E-state index in [4.69, 9.17) is 0 Å². The Morgan fingerprint density at radius 3 is 2.75 bits per heavy atom. The van der Waals surface area contributed by atoms with E-state index >= 15 is 0 Å². The number of rotatable bonds is 3. The molecule has 1 aromatic rings. The highest BCUT2D eigenvalue weighted by Crippen LogP contribution is 2.23. The molecule has 0 bridgehead atoms. The highest BCUT2D eigenvalue weighted by Gasteiger charge is 2.15. The molecule has 1 heterocycles. The Balaban J connectivity index is 2.06. The molecular weight excluding hydrogens is 216 g/mol. The van der Waals surface area contributed by atoms with Gasteiger partial charge in [-0.1, -0.05) is 19.1 Å². The van der Waals surface area contributed by atoms with E-state index in [1.54, 1.807) is 0 Å². The number of nitrogens with zero attached hydrogens (tertiary/aromatic N) is 2. The van der Waals surface area contributed by atoms with Gasteiger partial charge in [-0.15, -0.1) is 11.8 Å². The molecule has 1 aliphatic rings. The van der Waals surface area contributed by atoms with Gasteiger partial charge in [-0.25, -0.2) is 0 Å². The van der Waals surface area contributed by atoms with Crippen LogP contribution in [0.2, 0.25) is 0 Å². The summed E-state index contributed by atoms with van der Waals surface area (Å²) in [7, 11) is 2.08. The van der Waals surface area contributed by atoms with Gasteiger partial charge in [0.2, 0.25) is 0 Å². The average Bonchev–Trinajstić information content (AvgIpc) is 2.30. The maximum atomic E-state index is 4.37. The van der Waals surface area contributed by atoms with E-state index in [2.05, 4.69) is 48.1 Å². The van der Waals surface area contributed by atoms with Gasteiger partial charge in [0.05, 0.1) is 6.34 Å². The van der Waals surface area contributed by atoms with Crippen molar-refractivity contribution in [2.45, 2.75) is 17.7 Å². The van der Waals surface area contributed by atoms with E-state index in [1.165, 1.54) is 10.5 Å². The fourth-order valence-corrected chi connectivity index (χ4v) is 2.64. The average molecular weight is 234 g/mol. The van der Waals surface area contributed by atoms with Crippen LogP contribution >= 0.6 is 11.8 Å². The third kappa shape index (κ3) is 2.79. The van der Waals surface area contributed by atoms with Gasteiger partial charge in [0.15, 0.2) is 0 Å². The first-order valence-electron chi connectivity index (χ1n) is 5.72. The zero-order valence-electron chi connectivity index (χ0n) is 9.89. The van der Waals surface area contributed by atoms with Crippen LogP contribution < -0.4 is 0 Å². The molecule has 0 aliphatic carbocycles. The Hall–Kier alpha value is -0.960. The predicted molar refractivity (Wildman–Crippen MR) is 71.6 cm³/mol. The summed E-state index contributed by atoms with van der Waals surface area (Å²) in [5.74, 6) is 1.69. The Kier molecular flexibility index (Phi) is 3.88. The smallest absolute Gasteiger partial charge is 0.0847 e. The van der Waals surface area contributed by atoms with Crippen LogP contribution in [0, 0.1) is 0 Å². The summed E-state index contributed by atoms with van der Waals surface area (Å²) >= 11 is 1.89. The Morgan fingerprint density at radius 2 is 2.12 bits per heavy atom. The van der Waals surface area contributed by atoms with Gasteiger partial charge < -0.3 is 4.90 Å². The quantitative estimate of drug-likeness (QED) is 0.747. The summed E-state index contributed by atoms with van der Waals surface area (Å²) in [6, 6.07) is 8.94. The molecule has 0 radical (unpaired) electrons. The molecule has 2 nitrogen and oxygen atoms in total. The van der Waals surface area contributed by atoms with Gasteiger partial charge in [0, 0.05) is 31.0 Å². The molecular formula is C13H18N2S. The predicted octanol–water partition coefficient (Wildman–Crippen LogP) is 2.86. The lowest BCUT2D eigenvalue weighted by Crippen LogP contribution is -2.29. The minimum Gasteiger partial charge on any atom is -0.365 e. The first-order chi connectivity index (χ1) is 7.79. The second-order valence-corrected chi connectivity index (χ2v) is 5.46. The van der Waals surface area contributed by atoms with Crippen LogP contribution in [0.5, 0.6) is 0 Å². The van der Waals surface area contributed by atoms with Gasteiger partial charge in [-0.05, 0) is 23.4 Å². The molecule has 0 spiro atoms. The van der Waals surface area contributed by atoms with Gasteiger partial charge in [-0.3, -0.25) is 4.99 Å². The van der Waals surface area contributed by atoms with Crippen LogP contribution in [-0.2, 0) is 0 Å².